The molecular formula is C14H14ClNS. The zero-order valence-corrected chi connectivity index (χ0v) is 11.0. The van der Waals surface area contributed by atoms with Crippen LogP contribution in [0.15, 0.2) is 48.5 Å². The molecule has 1 aromatic heterocycles. The molecule has 1 N–H and O–H groups in total. The van der Waals surface area contributed by atoms with E-state index in [4.69, 9.17) is 11.6 Å². The van der Waals surface area contributed by atoms with Gasteiger partial charge in [0.1, 0.15) is 0 Å². The molecule has 1 heterocycles. The number of hydrogen-bond donors (Lipinski definition) is 1. The fourth-order valence-electron chi connectivity index (χ4n) is 1.48. The maximum absolute atomic E-state index is 5.86. The second-order valence-electron chi connectivity index (χ2n) is 3.65. The van der Waals surface area contributed by atoms with Gasteiger partial charge in [-0.05, 0) is 17.7 Å². The summed E-state index contributed by atoms with van der Waals surface area (Å²) in [5, 5.41) is 3.35. The maximum Gasteiger partial charge on any atom is 0.0931 e. The Hall–Kier alpha value is -1.09. The Morgan fingerprint density at radius 3 is 2.65 bits per heavy atom. The number of benzene rings is 1. The average molecular weight is 264 g/mol. The minimum absolute atomic E-state index is 0.849. The molecule has 1 nitrogen and oxygen atoms in total. The van der Waals surface area contributed by atoms with E-state index in [-0.39, 0.29) is 0 Å². The van der Waals surface area contributed by atoms with E-state index >= 15 is 0 Å². The second-order valence-corrected chi connectivity index (χ2v) is 5.45. The van der Waals surface area contributed by atoms with Crippen LogP contribution in [0.2, 0.25) is 4.34 Å². The smallest absolute Gasteiger partial charge is 0.0931 e. The number of nitrogens with one attached hydrogen (secondary N) is 1. The molecule has 0 amide bonds. The van der Waals surface area contributed by atoms with Crippen LogP contribution in [0.25, 0.3) is 6.08 Å². The molecule has 0 saturated carbocycles. The molecule has 3 heteroatoms. The molecule has 17 heavy (non-hydrogen) atoms. The number of halogens is 1. The summed E-state index contributed by atoms with van der Waals surface area (Å²) in [6.45, 7) is 1.74. The highest BCUT2D eigenvalue weighted by atomic mass is 35.5. The van der Waals surface area contributed by atoms with Gasteiger partial charge in [0.15, 0.2) is 0 Å². The standard InChI is InChI=1S/C14H14ClNS/c15-14-9-8-13(17-14)11-16-10-4-7-12-5-2-1-3-6-12/h1-9,16H,10-11H2/b7-4+. The highest BCUT2D eigenvalue weighted by Crippen LogP contribution is 2.20. The lowest BCUT2D eigenvalue weighted by atomic mass is 10.2. The molecule has 0 fully saturated rings. The summed E-state index contributed by atoms with van der Waals surface area (Å²) in [7, 11) is 0. The molecule has 2 aromatic rings. The molecule has 2 rings (SSSR count). The van der Waals surface area contributed by atoms with Crippen molar-refractivity contribution in [1.29, 1.82) is 0 Å². The van der Waals surface area contributed by atoms with E-state index in [0.717, 1.165) is 17.4 Å². The third-order valence-corrected chi connectivity index (χ3v) is 3.53. The molecule has 0 spiro atoms. The Bertz CT molecular complexity index is 476. The van der Waals surface area contributed by atoms with Gasteiger partial charge in [-0.15, -0.1) is 11.3 Å². The average Bonchev–Trinajstić information content (AvgIpc) is 2.76. The van der Waals surface area contributed by atoms with Gasteiger partial charge in [-0.1, -0.05) is 54.1 Å². The van der Waals surface area contributed by atoms with E-state index in [2.05, 4.69) is 35.7 Å². The van der Waals surface area contributed by atoms with Crippen molar-refractivity contribution in [2.45, 2.75) is 6.54 Å². The van der Waals surface area contributed by atoms with Crippen molar-refractivity contribution in [1.82, 2.24) is 5.32 Å². The van der Waals surface area contributed by atoms with Crippen LogP contribution in [0.1, 0.15) is 10.4 Å². The summed E-state index contributed by atoms with van der Waals surface area (Å²) in [6, 6.07) is 14.3. The normalized spacial score (nSPS) is 11.1. The molecule has 0 unspecified atom stereocenters. The first-order chi connectivity index (χ1) is 8.34. The predicted molar refractivity (Wildman–Crippen MR) is 76.5 cm³/mol. The van der Waals surface area contributed by atoms with Crippen LogP contribution in [0.5, 0.6) is 0 Å². The summed E-state index contributed by atoms with van der Waals surface area (Å²) in [6.07, 6.45) is 4.25. The lowest BCUT2D eigenvalue weighted by Gasteiger charge is -1.98. The zero-order chi connectivity index (χ0) is 11.9. The summed E-state index contributed by atoms with van der Waals surface area (Å²) >= 11 is 7.48. The summed E-state index contributed by atoms with van der Waals surface area (Å²) in [5.41, 5.74) is 1.23. The minimum Gasteiger partial charge on any atom is -0.308 e. The quantitative estimate of drug-likeness (QED) is 0.797. The molecule has 1 aromatic carbocycles. The van der Waals surface area contributed by atoms with E-state index in [9.17, 15) is 0 Å². The lowest BCUT2D eigenvalue weighted by Crippen LogP contribution is -2.11. The van der Waals surface area contributed by atoms with Crippen LogP contribution < -0.4 is 5.32 Å². The number of thiophene rings is 1. The van der Waals surface area contributed by atoms with E-state index in [1.165, 1.54) is 10.4 Å². The highest BCUT2D eigenvalue weighted by Gasteiger charge is 1.95. The third-order valence-electron chi connectivity index (χ3n) is 2.30. The molecule has 0 aliphatic rings. The summed E-state index contributed by atoms with van der Waals surface area (Å²) in [5.74, 6) is 0. The molecule has 0 aliphatic carbocycles. The van der Waals surface area contributed by atoms with Gasteiger partial charge in [0, 0.05) is 18.0 Å². The van der Waals surface area contributed by atoms with E-state index in [1.54, 1.807) is 11.3 Å². The van der Waals surface area contributed by atoms with Gasteiger partial charge in [-0.2, -0.15) is 0 Å². The fraction of sp³-hybridized carbons (Fsp3) is 0.143. The molecule has 0 radical (unpaired) electrons. The van der Waals surface area contributed by atoms with Crippen LogP contribution in [0.3, 0.4) is 0 Å². The van der Waals surface area contributed by atoms with Gasteiger partial charge in [0.2, 0.25) is 0 Å². The van der Waals surface area contributed by atoms with Gasteiger partial charge in [-0.25, -0.2) is 0 Å². The van der Waals surface area contributed by atoms with Crippen LogP contribution in [0.4, 0.5) is 0 Å². The zero-order valence-electron chi connectivity index (χ0n) is 9.40. The Balaban J connectivity index is 1.71. The maximum atomic E-state index is 5.86. The largest absolute Gasteiger partial charge is 0.308 e. The van der Waals surface area contributed by atoms with Gasteiger partial charge in [0.05, 0.1) is 4.34 Å². The number of hydrogen-bond acceptors (Lipinski definition) is 2. The Morgan fingerprint density at radius 2 is 1.94 bits per heavy atom. The van der Waals surface area contributed by atoms with Gasteiger partial charge in [-0.3, -0.25) is 0 Å². The first-order valence-electron chi connectivity index (χ1n) is 5.51. The van der Waals surface area contributed by atoms with E-state index in [1.807, 2.05) is 24.3 Å². The van der Waals surface area contributed by atoms with Crippen molar-refractivity contribution in [2.75, 3.05) is 6.54 Å². The Morgan fingerprint density at radius 1 is 1.12 bits per heavy atom. The van der Waals surface area contributed by atoms with Crippen molar-refractivity contribution in [3.63, 3.8) is 0 Å². The van der Waals surface area contributed by atoms with Crippen LogP contribution >= 0.6 is 22.9 Å². The Kier molecular flexibility index (Phi) is 4.80. The Labute approximate surface area is 111 Å². The topological polar surface area (TPSA) is 12.0 Å². The van der Waals surface area contributed by atoms with E-state index < -0.39 is 0 Å². The molecule has 0 atom stereocenters. The molecule has 0 aliphatic heterocycles. The monoisotopic (exact) mass is 263 g/mol. The van der Waals surface area contributed by atoms with Crippen molar-refractivity contribution in [2.24, 2.45) is 0 Å². The first kappa shape index (κ1) is 12.4. The number of rotatable bonds is 5. The lowest BCUT2D eigenvalue weighted by molar-refractivity contribution is 0.771. The summed E-state index contributed by atoms with van der Waals surface area (Å²) < 4.78 is 0.849. The van der Waals surface area contributed by atoms with Gasteiger partial charge >= 0.3 is 0 Å². The van der Waals surface area contributed by atoms with Crippen molar-refractivity contribution in [3.05, 3.63) is 63.3 Å². The molecule has 0 bridgehead atoms. The first-order valence-corrected chi connectivity index (χ1v) is 6.70. The van der Waals surface area contributed by atoms with Crippen molar-refractivity contribution >= 4 is 29.0 Å². The van der Waals surface area contributed by atoms with Gasteiger partial charge < -0.3 is 5.32 Å². The predicted octanol–water partition coefficient (Wildman–Crippen LogP) is 4.20. The summed E-state index contributed by atoms with van der Waals surface area (Å²) in [4.78, 5) is 1.27. The van der Waals surface area contributed by atoms with Crippen LogP contribution in [-0.2, 0) is 6.54 Å². The van der Waals surface area contributed by atoms with Crippen LogP contribution in [0, 0.1) is 0 Å². The van der Waals surface area contributed by atoms with Crippen molar-refractivity contribution in [3.8, 4) is 0 Å². The minimum atomic E-state index is 0.849. The van der Waals surface area contributed by atoms with Crippen molar-refractivity contribution < 1.29 is 0 Å². The third kappa shape index (κ3) is 4.35. The van der Waals surface area contributed by atoms with Gasteiger partial charge in [0.25, 0.3) is 0 Å². The highest BCUT2D eigenvalue weighted by molar-refractivity contribution is 7.16. The SMILES string of the molecule is Clc1ccc(CNC/C=C/c2ccccc2)s1. The molecule has 0 saturated heterocycles. The second kappa shape index (κ2) is 6.60. The van der Waals surface area contributed by atoms with E-state index in [0.29, 0.717) is 0 Å². The molecular weight excluding hydrogens is 250 g/mol. The van der Waals surface area contributed by atoms with Crippen LogP contribution in [-0.4, -0.2) is 6.54 Å². The fourth-order valence-corrected chi connectivity index (χ4v) is 2.54. The molecule has 88 valence electrons.